The summed E-state index contributed by atoms with van der Waals surface area (Å²) in [7, 11) is 0. The number of rotatable bonds is 4. The summed E-state index contributed by atoms with van der Waals surface area (Å²) in [6.45, 7) is 1.88. The second-order valence-electron chi connectivity index (χ2n) is 2.91. The van der Waals surface area contributed by atoms with E-state index in [1.807, 2.05) is 6.92 Å². The van der Waals surface area contributed by atoms with Crippen LogP contribution in [0, 0.1) is 15.0 Å². The Morgan fingerprint density at radius 3 is 2.50 bits per heavy atom. The van der Waals surface area contributed by atoms with Gasteiger partial charge in [-0.15, -0.1) is 0 Å². The van der Waals surface area contributed by atoms with Crippen LogP contribution in [0.1, 0.15) is 18.1 Å². The molecule has 0 saturated carbocycles. The van der Waals surface area contributed by atoms with Crippen molar-refractivity contribution >= 4 is 5.69 Å². The van der Waals surface area contributed by atoms with E-state index in [2.05, 4.69) is 5.18 Å². The van der Waals surface area contributed by atoms with E-state index in [-0.39, 0.29) is 12.2 Å². The summed E-state index contributed by atoms with van der Waals surface area (Å²) in [5, 5.41) is 13.2. The van der Waals surface area contributed by atoms with E-state index < -0.39 is 4.92 Å². The molecule has 5 nitrogen and oxygen atoms in total. The van der Waals surface area contributed by atoms with E-state index >= 15 is 0 Å². The van der Waals surface area contributed by atoms with Gasteiger partial charge in [-0.3, -0.25) is 10.1 Å². The zero-order valence-electron chi connectivity index (χ0n) is 7.77. The van der Waals surface area contributed by atoms with Crippen molar-refractivity contribution in [2.75, 3.05) is 0 Å². The molecule has 14 heavy (non-hydrogen) atoms. The molecule has 0 radical (unpaired) electrons. The molecular weight excluding hydrogens is 184 g/mol. The number of hydrogen-bond donors (Lipinski definition) is 0. The van der Waals surface area contributed by atoms with Gasteiger partial charge < -0.3 is 0 Å². The summed E-state index contributed by atoms with van der Waals surface area (Å²) in [4.78, 5) is 20.1. The van der Waals surface area contributed by atoms with Crippen molar-refractivity contribution in [3.63, 3.8) is 0 Å². The van der Waals surface area contributed by atoms with Crippen molar-refractivity contribution in [2.45, 2.75) is 19.9 Å². The standard InChI is InChI=1S/C9H10N2O3/c1-2-7-3-8(6-10-12)5-9(4-7)11(13)14/h3-5H,2,6H2,1H3. The third-order valence-corrected chi connectivity index (χ3v) is 1.90. The summed E-state index contributed by atoms with van der Waals surface area (Å²) in [6, 6.07) is 4.64. The molecule has 0 aromatic heterocycles. The Hall–Kier alpha value is -1.78. The number of nitro groups is 1. The molecule has 5 heteroatoms. The summed E-state index contributed by atoms with van der Waals surface area (Å²) < 4.78 is 0. The lowest BCUT2D eigenvalue weighted by molar-refractivity contribution is -0.385. The Kier molecular flexibility index (Phi) is 3.28. The van der Waals surface area contributed by atoms with Gasteiger partial charge in [0.05, 0.1) is 4.92 Å². The molecule has 1 aromatic rings. The predicted molar refractivity (Wildman–Crippen MR) is 52.0 cm³/mol. The molecule has 0 bridgehead atoms. The van der Waals surface area contributed by atoms with Crippen molar-refractivity contribution in [3.05, 3.63) is 44.3 Å². The van der Waals surface area contributed by atoms with E-state index in [0.717, 1.165) is 5.56 Å². The molecule has 0 saturated heterocycles. The topological polar surface area (TPSA) is 72.6 Å². The summed E-state index contributed by atoms with van der Waals surface area (Å²) in [5.74, 6) is 0. The summed E-state index contributed by atoms with van der Waals surface area (Å²) in [5.41, 5.74) is 1.45. The van der Waals surface area contributed by atoms with Gasteiger partial charge in [0.25, 0.3) is 5.69 Å². The largest absolute Gasteiger partial charge is 0.270 e. The lowest BCUT2D eigenvalue weighted by Crippen LogP contribution is -1.93. The minimum absolute atomic E-state index is 0.0167. The average molecular weight is 194 g/mol. The lowest BCUT2D eigenvalue weighted by atomic mass is 10.1. The van der Waals surface area contributed by atoms with Crippen molar-refractivity contribution in [1.82, 2.24) is 0 Å². The maximum Gasteiger partial charge on any atom is 0.270 e. The van der Waals surface area contributed by atoms with Gasteiger partial charge in [0, 0.05) is 12.1 Å². The highest BCUT2D eigenvalue weighted by Crippen LogP contribution is 2.18. The highest BCUT2D eigenvalue weighted by molar-refractivity contribution is 5.39. The van der Waals surface area contributed by atoms with Crippen molar-refractivity contribution in [2.24, 2.45) is 5.18 Å². The molecule has 0 spiro atoms. The molecule has 0 aliphatic carbocycles. The van der Waals surface area contributed by atoms with Gasteiger partial charge in [0.1, 0.15) is 6.54 Å². The van der Waals surface area contributed by atoms with Crippen molar-refractivity contribution < 1.29 is 4.92 Å². The Labute approximate surface area is 80.9 Å². The van der Waals surface area contributed by atoms with E-state index in [0.29, 0.717) is 12.0 Å². The van der Waals surface area contributed by atoms with Gasteiger partial charge in [0.15, 0.2) is 0 Å². The minimum atomic E-state index is -0.465. The smallest absolute Gasteiger partial charge is 0.258 e. The third kappa shape index (κ3) is 2.35. The number of non-ortho nitro benzene ring substituents is 1. The second-order valence-corrected chi connectivity index (χ2v) is 2.91. The van der Waals surface area contributed by atoms with Crippen molar-refractivity contribution in [3.8, 4) is 0 Å². The van der Waals surface area contributed by atoms with Crippen LogP contribution in [0.2, 0.25) is 0 Å². The number of nitroso groups, excluding NO2 is 1. The van der Waals surface area contributed by atoms with E-state index in [1.54, 1.807) is 6.07 Å². The molecule has 0 aliphatic heterocycles. The van der Waals surface area contributed by atoms with Crippen LogP contribution in [0.15, 0.2) is 23.4 Å². The fourth-order valence-corrected chi connectivity index (χ4v) is 1.22. The fraction of sp³-hybridized carbons (Fsp3) is 0.333. The average Bonchev–Trinajstić information content (AvgIpc) is 2.17. The maximum absolute atomic E-state index is 10.5. The van der Waals surface area contributed by atoms with Crippen LogP contribution >= 0.6 is 0 Å². The molecule has 0 atom stereocenters. The van der Waals surface area contributed by atoms with E-state index in [1.165, 1.54) is 12.1 Å². The first kappa shape index (κ1) is 10.3. The first-order valence-electron chi connectivity index (χ1n) is 4.23. The van der Waals surface area contributed by atoms with Gasteiger partial charge in [-0.25, -0.2) is 0 Å². The van der Waals surface area contributed by atoms with Crippen LogP contribution in [0.4, 0.5) is 5.69 Å². The van der Waals surface area contributed by atoms with E-state index in [9.17, 15) is 15.0 Å². The Morgan fingerprint density at radius 2 is 2.00 bits per heavy atom. The van der Waals surface area contributed by atoms with Crippen molar-refractivity contribution in [1.29, 1.82) is 0 Å². The molecule has 0 heterocycles. The Balaban J connectivity index is 3.12. The second kappa shape index (κ2) is 4.45. The van der Waals surface area contributed by atoms with Crippen LogP contribution < -0.4 is 0 Å². The summed E-state index contributed by atoms with van der Waals surface area (Å²) in [6.07, 6.45) is 0.702. The molecule has 0 N–H and O–H groups in total. The molecule has 1 rings (SSSR count). The van der Waals surface area contributed by atoms with Crippen LogP contribution in [0.25, 0.3) is 0 Å². The molecule has 0 fully saturated rings. The first-order chi connectivity index (χ1) is 6.67. The maximum atomic E-state index is 10.5. The quantitative estimate of drug-likeness (QED) is 0.419. The minimum Gasteiger partial charge on any atom is -0.258 e. The van der Waals surface area contributed by atoms with Gasteiger partial charge in [-0.05, 0) is 17.5 Å². The Bertz CT molecular complexity index is 363. The fourth-order valence-electron chi connectivity index (χ4n) is 1.22. The van der Waals surface area contributed by atoms with Crippen LogP contribution in [-0.2, 0) is 13.0 Å². The Morgan fingerprint density at radius 1 is 1.36 bits per heavy atom. The molecule has 0 aliphatic rings. The zero-order chi connectivity index (χ0) is 10.6. The van der Waals surface area contributed by atoms with E-state index in [4.69, 9.17) is 0 Å². The molecule has 0 unspecified atom stereocenters. The number of nitrogens with zero attached hydrogens (tertiary/aromatic N) is 2. The highest BCUT2D eigenvalue weighted by Gasteiger charge is 2.08. The summed E-state index contributed by atoms with van der Waals surface area (Å²) >= 11 is 0. The first-order valence-corrected chi connectivity index (χ1v) is 4.23. The highest BCUT2D eigenvalue weighted by atomic mass is 16.6. The van der Waals surface area contributed by atoms with Crippen LogP contribution in [-0.4, -0.2) is 4.92 Å². The van der Waals surface area contributed by atoms with Gasteiger partial charge in [-0.2, -0.15) is 4.91 Å². The SMILES string of the molecule is CCc1cc(CN=O)cc([N+](=O)[O-])c1. The molecule has 74 valence electrons. The number of nitro benzene ring substituents is 1. The number of hydrogen-bond acceptors (Lipinski definition) is 4. The predicted octanol–water partition coefficient (Wildman–Crippen LogP) is 2.42. The number of aryl methyl sites for hydroxylation is 1. The van der Waals surface area contributed by atoms with Crippen LogP contribution in [0.3, 0.4) is 0 Å². The van der Waals surface area contributed by atoms with Gasteiger partial charge >= 0.3 is 0 Å². The monoisotopic (exact) mass is 194 g/mol. The normalized spacial score (nSPS) is 9.79. The molecule has 1 aromatic carbocycles. The third-order valence-electron chi connectivity index (χ3n) is 1.90. The van der Waals surface area contributed by atoms with Gasteiger partial charge in [0.2, 0.25) is 0 Å². The van der Waals surface area contributed by atoms with Crippen LogP contribution in [0.5, 0.6) is 0 Å². The van der Waals surface area contributed by atoms with Gasteiger partial charge in [-0.1, -0.05) is 18.2 Å². The number of benzene rings is 1. The zero-order valence-corrected chi connectivity index (χ0v) is 7.77. The molecular formula is C9H10N2O3. The molecule has 0 amide bonds. The lowest BCUT2D eigenvalue weighted by Gasteiger charge is -2.00.